The first kappa shape index (κ1) is 15.2. The molecule has 0 aliphatic heterocycles. The van der Waals surface area contributed by atoms with E-state index in [-0.39, 0.29) is 18.3 Å². The highest BCUT2D eigenvalue weighted by Crippen LogP contribution is 2.25. The van der Waals surface area contributed by atoms with Gasteiger partial charge in [-0.15, -0.1) is 0 Å². The lowest BCUT2D eigenvalue weighted by Crippen LogP contribution is -2.21. The van der Waals surface area contributed by atoms with E-state index in [0.29, 0.717) is 12.2 Å². The maximum Gasteiger partial charge on any atom is 0.138 e. The van der Waals surface area contributed by atoms with Gasteiger partial charge in [0.1, 0.15) is 5.78 Å². The SMILES string of the molecule is C.CC(C)(C)CCC(=O)C(C)(C)C. The van der Waals surface area contributed by atoms with Crippen LogP contribution in [0.15, 0.2) is 0 Å². The van der Waals surface area contributed by atoms with E-state index < -0.39 is 0 Å². The molecule has 0 spiro atoms. The minimum atomic E-state index is -0.161. The number of carbonyl (C=O) groups excluding carboxylic acids is 1. The molecule has 0 atom stereocenters. The number of hydrogen-bond donors (Lipinski definition) is 0. The van der Waals surface area contributed by atoms with Crippen molar-refractivity contribution < 1.29 is 4.79 Å². The van der Waals surface area contributed by atoms with Crippen LogP contribution in [-0.2, 0) is 4.79 Å². The van der Waals surface area contributed by atoms with E-state index >= 15 is 0 Å². The van der Waals surface area contributed by atoms with Crippen molar-refractivity contribution in [3.8, 4) is 0 Å². The zero-order chi connectivity index (χ0) is 9.99. The van der Waals surface area contributed by atoms with Gasteiger partial charge in [-0.1, -0.05) is 49.0 Å². The van der Waals surface area contributed by atoms with Gasteiger partial charge in [0.15, 0.2) is 0 Å². The quantitative estimate of drug-likeness (QED) is 0.635. The van der Waals surface area contributed by atoms with Gasteiger partial charge in [-0.2, -0.15) is 0 Å². The van der Waals surface area contributed by atoms with Gasteiger partial charge < -0.3 is 0 Å². The lowest BCUT2D eigenvalue weighted by atomic mass is 9.83. The van der Waals surface area contributed by atoms with E-state index in [2.05, 4.69) is 20.8 Å². The number of ketones is 1. The Bertz CT molecular complexity index is 155. The molecule has 0 bridgehead atoms. The molecule has 0 rings (SSSR count). The molecule has 0 saturated carbocycles. The molecular weight excluding hydrogens is 160 g/mol. The monoisotopic (exact) mass is 186 g/mol. The minimum absolute atomic E-state index is 0. The second-order valence-electron chi connectivity index (χ2n) is 5.73. The average Bonchev–Trinajstić information content (AvgIpc) is 1.78. The van der Waals surface area contributed by atoms with Crippen LogP contribution in [0.2, 0.25) is 0 Å². The summed E-state index contributed by atoms with van der Waals surface area (Å²) in [5, 5.41) is 0. The van der Waals surface area contributed by atoms with Crippen molar-refractivity contribution in [2.75, 3.05) is 0 Å². The van der Waals surface area contributed by atoms with Crippen molar-refractivity contribution in [2.45, 2.75) is 61.8 Å². The molecule has 0 aliphatic rings. The number of Topliss-reactive ketones (excluding diaryl/α,β-unsaturated/α-hetero) is 1. The number of rotatable bonds is 2. The fraction of sp³-hybridized carbons (Fsp3) is 0.917. The van der Waals surface area contributed by atoms with E-state index in [1.165, 1.54) is 0 Å². The van der Waals surface area contributed by atoms with Crippen LogP contribution in [0.25, 0.3) is 0 Å². The molecule has 0 fully saturated rings. The highest BCUT2D eigenvalue weighted by atomic mass is 16.1. The molecule has 0 aromatic carbocycles. The molecule has 0 unspecified atom stereocenters. The number of carbonyl (C=O) groups is 1. The van der Waals surface area contributed by atoms with Crippen LogP contribution in [0.3, 0.4) is 0 Å². The van der Waals surface area contributed by atoms with Crippen LogP contribution < -0.4 is 0 Å². The van der Waals surface area contributed by atoms with Crippen molar-refractivity contribution in [1.82, 2.24) is 0 Å². The van der Waals surface area contributed by atoms with Crippen LogP contribution in [0.4, 0.5) is 0 Å². The van der Waals surface area contributed by atoms with Crippen LogP contribution in [0.1, 0.15) is 61.8 Å². The van der Waals surface area contributed by atoms with Gasteiger partial charge in [0.25, 0.3) is 0 Å². The minimum Gasteiger partial charge on any atom is -0.299 e. The predicted octanol–water partition coefficient (Wildman–Crippen LogP) is 4.06. The Morgan fingerprint density at radius 1 is 1.00 bits per heavy atom. The maximum atomic E-state index is 11.5. The largest absolute Gasteiger partial charge is 0.299 e. The Kier molecular flexibility index (Phi) is 5.57. The molecule has 0 aromatic rings. The molecule has 0 aromatic heterocycles. The summed E-state index contributed by atoms with van der Waals surface area (Å²) in [6.45, 7) is 12.5. The predicted molar refractivity (Wildman–Crippen MR) is 59.9 cm³/mol. The Labute approximate surface area is 83.9 Å². The molecule has 80 valence electrons. The fourth-order valence-electron chi connectivity index (χ4n) is 0.864. The first-order chi connectivity index (χ1) is 5.13. The molecule has 1 heteroatoms. The second kappa shape index (κ2) is 4.78. The fourth-order valence-corrected chi connectivity index (χ4v) is 0.864. The molecule has 0 saturated heterocycles. The Morgan fingerprint density at radius 2 is 1.38 bits per heavy atom. The Balaban J connectivity index is 0. The third-order valence-electron chi connectivity index (χ3n) is 1.94. The van der Waals surface area contributed by atoms with Gasteiger partial charge in [-0.05, 0) is 11.8 Å². The second-order valence-corrected chi connectivity index (χ2v) is 5.73. The molecule has 0 aliphatic carbocycles. The molecule has 1 nitrogen and oxygen atoms in total. The summed E-state index contributed by atoms with van der Waals surface area (Å²) in [5.41, 5.74) is 0.117. The summed E-state index contributed by atoms with van der Waals surface area (Å²) in [7, 11) is 0. The molecular formula is C12H26O. The topological polar surface area (TPSA) is 17.1 Å². The van der Waals surface area contributed by atoms with Gasteiger partial charge in [-0.25, -0.2) is 0 Å². The third kappa shape index (κ3) is 8.01. The van der Waals surface area contributed by atoms with Gasteiger partial charge in [-0.3, -0.25) is 4.79 Å². The molecule has 0 N–H and O–H groups in total. The lowest BCUT2D eigenvalue weighted by molar-refractivity contribution is -0.126. The summed E-state index contributed by atoms with van der Waals surface area (Å²) in [4.78, 5) is 11.5. The van der Waals surface area contributed by atoms with E-state index in [1.807, 2.05) is 20.8 Å². The first-order valence-electron chi connectivity index (χ1n) is 4.66. The van der Waals surface area contributed by atoms with Crippen molar-refractivity contribution in [2.24, 2.45) is 10.8 Å². The van der Waals surface area contributed by atoms with Crippen molar-refractivity contribution in [1.29, 1.82) is 0 Å². The normalized spacial score (nSPS) is 12.2. The van der Waals surface area contributed by atoms with E-state index in [0.717, 1.165) is 6.42 Å². The molecule has 0 heterocycles. The molecule has 0 radical (unpaired) electrons. The average molecular weight is 186 g/mol. The summed E-state index contributed by atoms with van der Waals surface area (Å²) in [6.07, 6.45) is 1.70. The van der Waals surface area contributed by atoms with Gasteiger partial charge in [0.05, 0.1) is 0 Å². The zero-order valence-electron chi connectivity index (χ0n) is 9.32. The molecule has 13 heavy (non-hydrogen) atoms. The van der Waals surface area contributed by atoms with E-state index in [1.54, 1.807) is 0 Å². The maximum absolute atomic E-state index is 11.5. The summed E-state index contributed by atoms with van der Waals surface area (Å²) >= 11 is 0. The van der Waals surface area contributed by atoms with Crippen molar-refractivity contribution in [3.05, 3.63) is 0 Å². The summed E-state index contributed by atoms with van der Waals surface area (Å²) in [5.74, 6) is 0.373. The Hall–Kier alpha value is -0.330. The van der Waals surface area contributed by atoms with Crippen LogP contribution in [0.5, 0.6) is 0 Å². The van der Waals surface area contributed by atoms with Crippen LogP contribution >= 0.6 is 0 Å². The van der Waals surface area contributed by atoms with E-state index in [4.69, 9.17) is 0 Å². The van der Waals surface area contributed by atoms with Gasteiger partial charge >= 0.3 is 0 Å². The molecule has 0 amide bonds. The highest BCUT2D eigenvalue weighted by Gasteiger charge is 2.22. The van der Waals surface area contributed by atoms with E-state index in [9.17, 15) is 4.79 Å². The zero-order valence-corrected chi connectivity index (χ0v) is 9.32. The first-order valence-corrected chi connectivity index (χ1v) is 4.66. The summed E-state index contributed by atoms with van der Waals surface area (Å²) in [6, 6.07) is 0. The Morgan fingerprint density at radius 3 is 1.62 bits per heavy atom. The highest BCUT2D eigenvalue weighted by molar-refractivity contribution is 5.83. The summed E-state index contributed by atoms with van der Waals surface area (Å²) < 4.78 is 0. The van der Waals surface area contributed by atoms with Crippen molar-refractivity contribution >= 4 is 5.78 Å². The number of hydrogen-bond acceptors (Lipinski definition) is 1. The smallest absolute Gasteiger partial charge is 0.138 e. The third-order valence-corrected chi connectivity index (χ3v) is 1.94. The van der Waals surface area contributed by atoms with Gasteiger partial charge in [0.2, 0.25) is 0 Å². The standard InChI is InChI=1S/C11H22O.CH4/c1-10(2,3)8-7-9(12)11(4,5)6;/h7-8H2,1-6H3;1H4. The van der Waals surface area contributed by atoms with Crippen LogP contribution in [-0.4, -0.2) is 5.78 Å². The van der Waals surface area contributed by atoms with Gasteiger partial charge in [0, 0.05) is 11.8 Å². The van der Waals surface area contributed by atoms with Crippen LogP contribution in [0, 0.1) is 10.8 Å². The van der Waals surface area contributed by atoms with Crippen molar-refractivity contribution in [3.63, 3.8) is 0 Å². The lowest BCUT2D eigenvalue weighted by Gasteiger charge is -2.21.